The van der Waals surface area contributed by atoms with Crippen LogP contribution >= 0.6 is 0 Å². The normalized spacial score (nSPS) is 18.5. The molecule has 0 saturated heterocycles. The Morgan fingerprint density at radius 2 is 1.91 bits per heavy atom. The molecule has 2 aromatic carbocycles. The number of hydrogen-bond acceptors (Lipinski definition) is 3. The van der Waals surface area contributed by atoms with E-state index in [1.807, 2.05) is 25.1 Å². The SMILES string of the molecule is CCC(=O)C1=C(O)CC(c2c(C)ccc3ccccc23)CC1=O. The first-order chi connectivity index (χ1) is 11.0. The van der Waals surface area contributed by atoms with Crippen LogP contribution in [0.15, 0.2) is 47.7 Å². The molecular formula is C20H20O3. The fourth-order valence-electron chi connectivity index (χ4n) is 3.54. The lowest BCUT2D eigenvalue weighted by Crippen LogP contribution is -2.23. The van der Waals surface area contributed by atoms with E-state index in [0.717, 1.165) is 21.9 Å². The molecule has 3 heteroatoms. The van der Waals surface area contributed by atoms with Crippen molar-refractivity contribution in [2.75, 3.05) is 0 Å². The third-order valence-electron chi connectivity index (χ3n) is 4.64. The Hall–Kier alpha value is -2.42. The van der Waals surface area contributed by atoms with E-state index in [0.29, 0.717) is 6.42 Å². The van der Waals surface area contributed by atoms with E-state index in [4.69, 9.17) is 0 Å². The molecule has 0 spiro atoms. The van der Waals surface area contributed by atoms with Crippen LogP contribution in [-0.2, 0) is 9.59 Å². The summed E-state index contributed by atoms with van der Waals surface area (Å²) in [5.41, 5.74) is 2.23. The second-order valence-corrected chi connectivity index (χ2v) is 6.14. The van der Waals surface area contributed by atoms with Crippen LogP contribution in [0.1, 0.15) is 43.2 Å². The molecule has 1 aliphatic rings. The van der Waals surface area contributed by atoms with Gasteiger partial charge in [0.25, 0.3) is 0 Å². The number of carbonyl (C=O) groups excluding carboxylic acids is 2. The van der Waals surface area contributed by atoms with Crippen molar-refractivity contribution in [1.29, 1.82) is 0 Å². The maximum atomic E-state index is 12.4. The van der Waals surface area contributed by atoms with Crippen LogP contribution in [0, 0.1) is 6.92 Å². The van der Waals surface area contributed by atoms with Crippen LogP contribution < -0.4 is 0 Å². The van der Waals surface area contributed by atoms with Gasteiger partial charge in [-0.05, 0) is 34.7 Å². The van der Waals surface area contributed by atoms with E-state index in [1.165, 1.54) is 0 Å². The first kappa shape index (κ1) is 15.5. The average Bonchev–Trinajstić information content (AvgIpc) is 2.53. The van der Waals surface area contributed by atoms with Gasteiger partial charge < -0.3 is 5.11 Å². The second kappa shape index (κ2) is 5.99. The number of ketones is 2. The lowest BCUT2D eigenvalue weighted by molar-refractivity contribution is -0.122. The summed E-state index contributed by atoms with van der Waals surface area (Å²) < 4.78 is 0. The minimum atomic E-state index is -0.263. The number of fused-ring (bicyclic) bond motifs is 1. The molecular weight excluding hydrogens is 288 g/mol. The van der Waals surface area contributed by atoms with Gasteiger partial charge in [-0.3, -0.25) is 9.59 Å². The molecule has 0 radical (unpaired) electrons. The highest BCUT2D eigenvalue weighted by Gasteiger charge is 2.32. The Bertz CT molecular complexity index is 830. The van der Waals surface area contributed by atoms with Gasteiger partial charge >= 0.3 is 0 Å². The van der Waals surface area contributed by atoms with Gasteiger partial charge in [0, 0.05) is 19.3 Å². The quantitative estimate of drug-likeness (QED) is 0.856. The third kappa shape index (κ3) is 2.67. The van der Waals surface area contributed by atoms with Crippen molar-refractivity contribution >= 4 is 22.3 Å². The van der Waals surface area contributed by atoms with Gasteiger partial charge in [0.2, 0.25) is 0 Å². The molecule has 0 heterocycles. The highest BCUT2D eigenvalue weighted by atomic mass is 16.3. The number of rotatable bonds is 3. The summed E-state index contributed by atoms with van der Waals surface area (Å²) in [6.45, 7) is 3.73. The third-order valence-corrected chi connectivity index (χ3v) is 4.64. The Kier molecular flexibility index (Phi) is 4.03. The summed E-state index contributed by atoms with van der Waals surface area (Å²) >= 11 is 0. The summed E-state index contributed by atoms with van der Waals surface area (Å²) in [5, 5.41) is 12.5. The van der Waals surface area contributed by atoms with Gasteiger partial charge in [0.15, 0.2) is 11.6 Å². The molecule has 3 rings (SSSR count). The number of benzene rings is 2. The molecule has 118 valence electrons. The topological polar surface area (TPSA) is 54.4 Å². The number of aryl methyl sites for hydroxylation is 1. The maximum absolute atomic E-state index is 12.4. The fourth-order valence-corrected chi connectivity index (χ4v) is 3.54. The maximum Gasteiger partial charge on any atom is 0.170 e. The van der Waals surface area contributed by atoms with Gasteiger partial charge in [-0.2, -0.15) is 0 Å². The molecule has 0 saturated carbocycles. The summed E-state index contributed by atoms with van der Waals surface area (Å²) in [4.78, 5) is 24.3. The molecule has 0 aliphatic heterocycles. The van der Waals surface area contributed by atoms with Crippen LogP contribution in [0.4, 0.5) is 0 Å². The number of aliphatic hydroxyl groups excluding tert-OH is 1. The molecule has 1 N–H and O–H groups in total. The molecule has 0 fully saturated rings. The van der Waals surface area contributed by atoms with Gasteiger partial charge in [0.05, 0.1) is 5.57 Å². The second-order valence-electron chi connectivity index (χ2n) is 6.14. The van der Waals surface area contributed by atoms with Gasteiger partial charge in [-0.25, -0.2) is 0 Å². The molecule has 1 atom stereocenters. The summed E-state index contributed by atoms with van der Waals surface area (Å²) in [7, 11) is 0. The largest absolute Gasteiger partial charge is 0.511 e. The van der Waals surface area contributed by atoms with E-state index >= 15 is 0 Å². The zero-order chi connectivity index (χ0) is 16.6. The van der Waals surface area contributed by atoms with Crippen molar-refractivity contribution in [3.63, 3.8) is 0 Å². The Morgan fingerprint density at radius 3 is 2.61 bits per heavy atom. The molecule has 23 heavy (non-hydrogen) atoms. The Balaban J connectivity index is 2.09. The Labute approximate surface area is 135 Å². The molecule has 1 aliphatic carbocycles. The highest BCUT2D eigenvalue weighted by Crippen LogP contribution is 2.39. The molecule has 0 aromatic heterocycles. The molecule has 3 nitrogen and oxygen atoms in total. The molecule has 2 aromatic rings. The van der Waals surface area contributed by atoms with Crippen LogP contribution in [0.25, 0.3) is 10.8 Å². The van der Waals surface area contributed by atoms with Crippen molar-refractivity contribution in [3.05, 3.63) is 58.9 Å². The van der Waals surface area contributed by atoms with Crippen molar-refractivity contribution in [1.82, 2.24) is 0 Å². The lowest BCUT2D eigenvalue weighted by Gasteiger charge is -2.25. The predicted octanol–water partition coefficient (Wildman–Crippen LogP) is 4.39. The summed E-state index contributed by atoms with van der Waals surface area (Å²) in [5.74, 6) is -0.633. The molecule has 0 bridgehead atoms. The average molecular weight is 308 g/mol. The number of allylic oxidation sites excluding steroid dienone is 2. The van der Waals surface area contributed by atoms with E-state index < -0.39 is 0 Å². The predicted molar refractivity (Wildman–Crippen MR) is 90.6 cm³/mol. The van der Waals surface area contributed by atoms with Crippen molar-refractivity contribution < 1.29 is 14.7 Å². The smallest absolute Gasteiger partial charge is 0.170 e. The van der Waals surface area contributed by atoms with Crippen molar-refractivity contribution in [2.45, 2.75) is 39.0 Å². The lowest BCUT2D eigenvalue weighted by atomic mass is 9.78. The van der Waals surface area contributed by atoms with Crippen LogP contribution in [0.2, 0.25) is 0 Å². The summed E-state index contributed by atoms with van der Waals surface area (Å²) in [6, 6.07) is 12.2. The summed E-state index contributed by atoms with van der Waals surface area (Å²) in [6.07, 6.45) is 0.866. The van der Waals surface area contributed by atoms with Crippen LogP contribution in [0.5, 0.6) is 0 Å². The molecule has 1 unspecified atom stereocenters. The van der Waals surface area contributed by atoms with Crippen LogP contribution in [0.3, 0.4) is 0 Å². The fraction of sp³-hybridized carbons (Fsp3) is 0.300. The standard InChI is InChI=1S/C20H20O3/c1-3-16(21)20-17(22)10-14(11-18(20)23)19-12(2)8-9-13-6-4-5-7-15(13)19/h4-9,14,22H,3,10-11H2,1-2H3. The monoisotopic (exact) mass is 308 g/mol. The zero-order valence-corrected chi connectivity index (χ0v) is 13.4. The van der Waals surface area contributed by atoms with Gasteiger partial charge in [-0.1, -0.05) is 43.3 Å². The van der Waals surface area contributed by atoms with Crippen molar-refractivity contribution in [3.8, 4) is 0 Å². The number of hydrogen-bond donors (Lipinski definition) is 1. The van der Waals surface area contributed by atoms with Crippen molar-refractivity contribution in [2.24, 2.45) is 0 Å². The number of carbonyl (C=O) groups is 2. The van der Waals surface area contributed by atoms with E-state index in [1.54, 1.807) is 6.92 Å². The number of Topliss-reactive ketones (excluding diaryl/α,β-unsaturated/α-hetero) is 2. The van der Waals surface area contributed by atoms with Crippen LogP contribution in [-0.4, -0.2) is 16.7 Å². The van der Waals surface area contributed by atoms with E-state index in [9.17, 15) is 14.7 Å². The highest BCUT2D eigenvalue weighted by molar-refractivity contribution is 6.21. The first-order valence-electron chi connectivity index (χ1n) is 7.99. The minimum absolute atomic E-state index is 0.0154. The van der Waals surface area contributed by atoms with E-state index in [2.05, 4.69) is 18.2 Å². The van der Waals surface area contributed by atoms with Gasteiger partial charge in [0.1, 0.15) is 5.76 Å². The minimum Gasteiger partial charge on any atom is -0.511 e. The molecule has 0 amide bonds. The van der Waals surface area contributed by atoms with Gasteiger partial charge in [-0.15, -0.1) is 0 Å². The first-order valence-corrected chi connectivity index (χ1v) is 7.99. The zero-order valence-electron chi connectivity index (χ0n) is 13.4. The Morgan fingerprint density at radius 1 is 1.17 bits per heavy atom. The number of aliphatic hydroxyl groups is 1. The van der Waals surface area contributed by atoms with E-state index in [-0.39, 0.29) is 41.7 Å².